The molecule has 0 radical (unpaired) electrons. The van der Waals surface area contributed by atoms with Crippen molar-refractivity contribution in [1.29, 1.82) is 0 Å². The van der Waals surface area contributed by atoms with E-state index in [0.29, 0.717) is 5.69 Å². The van der Waals surface area contributed by atoms with E-state index >= 15 is 0 Å². The maximum atomic E-state index is 13.2. The van der Waals surface area contributed by atoms with Crippen LogP contribution in [0.5, 0.6) is 0 Å². The van der Waals surface area contributed by atoms with Gasteiger partial charge in [-0.05, 0) is 6.07 Å². The summed E-state index contributed by atoms with van der Waals surface area (Å²) in [5, 5.41) is 0. The smallest absolute Gasteiger partial charge is 0.251 e. The van der Waals surface area contributed by atoms with E-state index in [2.05, 4.69) is 9.97 Å². The van der Waals surface area contributed by atoms with Crippen molar-refractivity contribution in [2.45, 2.75) is 0 Å². The van der Waals surface area contributed by atoms with Crippen molar-refractivity contribution in [2.75, 3.05) is 0 Å². The maximum absolute atomic E-state index is 13.2. The molecular weight excluding hydrogens is 207 g/mol. The number of aryl methyl sites for hydroxylation is 1. The van der Waals surface area contributed by atoms with Gasteiger partial charge in [-0.15, -0.1) is 0 Å². The lowest BCUT2D eigenvalue weighted by atomic mass is 10.2. The lowest BCUT2D eigenvalue weighted by molar-refractivity contribution is 0.449. The number of hydrogen-bond acceptors (Lipinski definition) is 2. The molecule has 0 aliphatic carbocycles. The third kappa shape index (κ3) is 1.58. The molecule has 0 saturated carbocycles. The van der Waals surface area contributed by atoms with Crippen molar-refractivity contribution in [1.82, 2.24) is 14.5 Å². The zero-order valence-corrected chi connectivity index (χ0v) is 7.71. The number of rotatable bonds is 1. The van der Waals surface area contributed by atoms with Gasteiger partial charge >= 0.3 is 0 Å². The van der Waals surface area contributed by atoms with Gasteiger partial charge in [0, 0.05) is 7.05 Å². The molecule has 15 heavy (non-hydrogen) atoms. The molecule has 6 heteroatoms. The Morgan fingerprint density at radius 3 is 2.53 bits per heavy atom. The van der Waals surface area contributed by atoms with Crippen molar-refractivity contribution >= 4 is 0 Å². The van der Waals surface area contributed by atoms with Crippen LogP contribution in [0.15, 0.2) is 18.6 Å². The zero-order chi connectivity index (χ0) is 11.0. The lowest BCUT2D eigenvalue weighted by Crippen LogP contribution is -1.99. The van der Waals surface area contributed by atoms with E-state index in [9.17, 15) is 13.2 Å². The molecule has 0 atom stereocenters. The fraction of sp³-hybridized carbons (Fsp3) is 0.111. The Morgan fingerprint density at radius 2 is 1.93 bits per heavy atom. The highest BCUT2D eigenvalue weighted by molar-refractivity contribution is 5.58. The van der Waals surface area contributed by atoms with Crippen LogP contribution in [-0.4, -0.2) is 14.5 Å². The molecule has 0 saturated heterocycles. The lowest BCUT2D eigenvalue weighted by Gasteiger charge is -2.03. The van der Waals surface area contributed by atoms with E-state index in [4.69, 9.17) is 0 Å². The van der Waals surface area contributed by atoms with Crippen LogP contribution >= 0.6 is 0 Å². The monoisotopic (exact) mass is 213 g/mol. The average Bonchev–Trinajstić information content (AvgIpc) is 2.58. The second-order valence-corrected chi connectivity index (χ2v) is 2.99. The van der Waals surface area contributed by atoms with Crippen LogP contribution in [0.2, 0.25) is 0 Å². The molecule has 2 aromatic heterocycles. The van der Waals surface area contributed by atoms with E-state index < -0.39 is 17.7 Å². The van der Waals surface area contributed by atoms with Crippen molar-refractivity contribution in [2.24, 2.45) is 7.05 Å². The van der Waals surface area contributed by atoms with Crippen LogP contribution in [0.1, 0.15) is 0 Å². The predicted octanol–water partition coefficient (Wildman–Crippen LogP) is 1.90. The molecule has 0 N–H and O–H groups in total. The minimum absolute atomic E-state index is 0.117. The SMILES string of the molecule is Cn1cncc1-c1cc(F)c(F)nc1F. The fourth-order valence-corrected chi connectivity index (χ4v) is 1.24. The van der Waals surface area contributed by atoms with Crippen LogP contribution in [0.3, 0.4) is 0 Å². The third-order valence-corrected chi connectivity index (χ3v) is 1.98. The first-order valence-corrected chi connectivity index (χ1v) is 4.08. The van der Waals surface area contributed by atoms with Crippen molar-refractivity contribution in [3.8, 4) is 11.3 Å². The van der Waals surface area contributed by atoms with Gasteiger partial charge in [-0.1, -0.05) is 0 Å². The quantitative estimate of drug-likeness (QED) is 0.677. The van der Waals surface area contributed by atoms with Gasteiger partial charge in [0.1, 0.15) is 0 Å². The highest BCUT2D eigenvalue weighted by atomic mass is 19.2. The first-order valence-electron chi connectivity index (χ1n) is 4.08. The summed E-state index contributed by atoms with van der Waals surface area (Å²) in [5.41, 5.74) is 0.216. The molecular formula is C9H6F3N3. The average molecular weight is 213 g/mol. The van der Waals surface area contributed by atoms with Crippen LogP contribution in [0, 0.1) is 17.7 Å². The third-order valence-electron chi connectivity index (χ3n) is 1.98. The molecule has 0 aliphatic rings. The molecule has 0 fully saturated rings. The van der Waals surface area contributed by atoms with Gasteiger partial charge in [0.2, 0.25) is 5.95 Å². The summed E-state index contributed by atoms with van der Waals surface area (Å²) in [5.74, 6) is -3.69. The summed E-state index contributed by atoms with van der Waals surface area (Å²) < 4.78 is 40.1. The van der Waals surface area contributed by atoms with E-state index in [1.165, 1.54) is 17.1 Å². The topological polar surface area (TPSA) is 30.7 Å². The molecule has 0 spiro atoms. The number of pyridine rings is 1. The Balaban J connectivity index is 2.64. The molecule has 0 amide bonds. The molecule has 2 heterocycles. The van der Waals surface area contributed by atoms with Crippen LogP contribution in [0.4, 0.5) is 13.2 Å². The Bertz CT molecular complexity index is 507. The molecule has 2 rings (SSSR count). The zero-order valence-electron chi connectivity index (χ0n) is 7.71. The molecule has 78 valence electrons. The first-order chi connectivity index (χ1) is 7.09. The van der Waals surface area contributed by atoms with Gasteiger partial charge in [0.15, 0.2) is 5.82 Å². The van der Waals surface area contributed by atoms with Gasteiger partial charge in [-0.25, -0.2) is 9.37 Å². The van der Waals surface area contributed by atoms with Gasteiger partial charge in [-0.2, -0.15) is 13.8 Å². The Kier molecular flexibility index (Phi) is 2.18. The number of halogens is 3. The van der Waals surface area contributed by atoms with Crippen molar-refractivity contribution in [3.63, 3.8) is 0 Å². The van der Waals surface area contributed by atoms with Gasteiger partial charge in [0.05, 0.1) is 23.8 Å². The first kappa shape index (κ1) is 9.70. The van der Waals surface area contributed by atoms with Crippen LogP contribution in [-0.2, 0) is 7.05 Å². The second-order valence-electron chi connectivity index (χ2n) is 2.99. The van der Waals surface area contributed by atoms with Crippen LogP contribution in [0.25, 0.3) is 11.3 Å². The van der Waals surface area contributed by atoms with E-state index in [1.807, 2.05) is 0 Å². The highest BCUT2D eigenvalue weighted by Gasteiger charge is 2.14. The Hall–Kier alpha value is -1.85. The molecule has 0 unspecified atom stereocenters. The molecule has 0 aromatic carbocycles. The largest absolute Gasteiger partial charge is 0.334 e. The summed E-state index contributed by atoms with van der Waals surface area (Å²) in [6.45, 7) is 0. The van der Waals surface area contributed by atoms with E-state index in [-0.39, 0.29) is 5.56 Å². The molecule has 0 aliphatic heterocycles. The number of imidazole rings is 1. The summed E-state index contributed by atoms with van der Waals surface area (Å²) in [7, 11) is 1.61. The van der Waals surface area contributed by atoms with Gasteiger partial charge in [-0.3, -0.25) is 0 Å². The van der Waals surface area contributed by atoms with Gasteiger partial charge in [0.25, 0.3) is 5.95 Å². The van der Waals surface area contributed by atoms with Crippen molar-refractivity contribution in [3.05, 3.63) is 36.3 Å². The van der Waals surface area contributed by atoms with E-state index in [0.717, 1.165) is 6.07 Å². The molecule has 0 bridgehead atoms. The number of nitrogens with zero attached hydrogens (tertiary/aromatic N) is 3. The number of aromatic nitrogens is 3. The minimum Gasteiger partial charge on any atom is -0.334 e. The van der Waals surface area contributed by atoms with Crippen LogP contribution < -0.4 is 0 Å². The fourth-order valence-electron chi connectivity index (χ4n) is 1.24. The van der Waals surface area contributed by atoms with Crippen molar-refractivity contribution < 1.29 is 13.2 Å². The second kappa shape index (κ2) is 3.38. The summed E-state index contributed by atoms with van der Waals surface area (Å²) in [6.07, 6.45) is 2.77. The van der Waals surface area contributed by atoms with E-state index in [1.54, 1.807) is 7.05 Å². The molecule has 3 nitrogen and oxygen atoms in total. The molecule has 2 aromatic rings. The Morgan fingerprint density at radius 1 is 1.20 bits per heavy atom. The normalized spacial score (nSPS) is 10.7. The standard InChI is InChI=1S/C9H6F3N3/c1-15-4-13-3-7(15)5-2-6(10)9(12)14-8(5)11/h2-4H,1H3. The summed E-state index contributed by atoms with van der Waals surface area (Å²) in [6, 6.07) is 0.759. The summed E-state index contributed by atoms with van der Waals surface area (Å²) >= 11 is 0. The summed E-state index contributed by atoms with van der Waals surface area (Å²) in [4.78, 5) is 6.56. The predicted molar refractivity (Wildman–Crippen MR) is 46.3 cm³/mol. The minimum atomic E-state index is -1.45. The highest BCUT2D eigenvalue weighted by Crippen LogP contribution is 2.22. The maximum Gasteiger partial charge on any atom is 0.251 e. The number of hydrogen-bond donors (Lipinski definition) is 0. The van der Waals surface area contributed by atoms with Gasteiger partial charge < -0.3 is 4.57 Å². The Labute approximate surface area is 83.2 Å².